The smallest absolute Gasteiger partial charge is 0.269 e. The van der Waals surface area contributed by atoms with Crippen molar-refractivity contribution in [1.82, 2.24) is 5.32 Å². The summed E-state index contributed by atoms with van der Waals surface area (Å²) in [6.07, 6.45) is 3.61. The van der Waals surface area contributed by atoms with E-state index in [0.717, 1.165) is 30.8 Å². The molecule has 1 aliphatic heterocycles. The summed E-state index contributed by atoms with van der Waals surface area (Å²) < 4.78 is 0. The summed E-state index contributed by atoms with van der Waals surface area (Å²) in [7, 11) is 0. The summed E-state index contributed by atoms with van der Waals surface area (Å²) in [5, 5.41) is 17.4. The Bertz CT molecular complexity index is 428. The molecule has 0 spiro atoms. The summed E-state index contributed by atoms with van der Waals surface area (Å²) in [5.41, 5.74) is 2.05. The van der Waals surface area contributed by atoms with Gasteiger partial charge < -0.3 is 10.6 Å². The molecule has 0 saturated carbocycles. The van der Waals surface area contributed by atoms with Crippen LogP contribution in [0.25, 0.3) is 0 Å². The van der Waals surface area contributed by atoms with E-state index in [0.29, 0.717) is 6.04 Å². The molecular weight excluding hydrogens is 230 g/mol. The fourth-order valence-corrected chi connectivity index (χ4v) is 2.34. The molecule has 1 aromatic rings. The lowest BCUT2D eigenvalue weighted by Gasteiger charge is -2.13. The summed E-state index contributed by atoms with van der Waals surface area (Å²) in [4.78, 5) is 10.3. The highest BCUT2D eigenvalue weighted by atomic mass is 16.6. The van der Waals surface area contributed by atoms with Crippen LogP contribution < -0.4 is 10.6 Å². The average Bonchev–Trinajstić information content (AvgIpc) is 2.84. The number of hydrogen-bond acceptors (Lipinski definition) is 4. The van der Waals surface area contributed by atoms with E-state index in [1.807, 2.05) is 6.92 Å². The Hall–Kier alpha value is -1.62. The monoisotopic (exact) mass is 249 g/mol. The van der Waals surface area contributed by atoms with Crippen LogP contribution in [0.3, 0.4) is 0 Å². The fourth-order valence-electron chi connectivity index (χ4n) is 2.34. The third-order valence-electron chi connectivity index (χ3n) is 3.39. The molecule has 1 heterocycles. The van der Waals surface area contributed by atoms with E-state index in [4.69, 9.17) is 0 Å². The van der Waals surface area contributed by atoms with Crippen LogP contribution in [0.5, 0.6) is 0 Å². The highest BCUT2D eigenvalue weighted by Crippen LogP contribution is 2.21. The van der Waals surface area contributed by atoms with Crippen LogP contribution in [0.2, 0.25) is 0 Å². The Morgan fingerprint density at radius 3 is 3.00 bits per heavy atom. The predicted octanol–water partition coefficient (Wildman–Crippen LogP) is 2.46. The number of rotatable bonds is 5. The molecule has 1 unspecified atom stereocenters. The van der Waals surface area contributed by atoms with E-state index >= 15 is 0 Å². The van der Waals surface area contributed by atoms with E-state index in [-0.39, 0.29) is 10.6 Å². The molecule has 1 aliphatic rings. The summed E-state index contributed by atoms with van der Waals surface area (Å²) in [5.74, 6) is 0. The molecule has 0 bridgehead atoms. The molecule has 0 radical (unpaired) electrons. The molecule has 1 atom stereocenters. The van der Waals surface area contributed by atoms with Crippen molar-refractivity contribution in [1.29, 1.82) is 0 Å². The van der Waals surface area contributed by atoms with Crippen LogP contribution in [0, 0.1) is 17.0 Å². The largest absolute Gasteiger partial charge is 0.385 e. The van der Waals surface area contributed by atoms with Gasteiger partial charge in [0.1, 0.15) is 0 Å². The zero-order valence-electron chi connectivity index (χ0n) is 10.6. The van der Waals surface area contributed by atoms with Crippen molar-refractivity contribution >= 4 is 11.4 Å². The van der Waals surface area contributed by atoms with Crippen molar-refractivity contribution in [3.63, 3.8) is 0 Å². The standard InChI is InChI=1S/C13H19N3O2/c1-10-9-12(16(17)18)4-5-13(10)15-8-6-11-3-2-7-14-11/h4-5,9,11,14-15H,2-3,6-8H2,1H3. The van der Waals surface area contributed by atoms with Gasteiger partial charge in [-0.1, -0.05) is 0 Å². The van der Waals surface area contributed by atoms with Crippen molar-refractivity contribution in [2.75, 3.05) is 18.4 Å². The first-order chi connectivity index (χ1) is 8.66. The van der Waals surface area contributed by atoms with Crippen molar-refractivity contribution in [2.24, 2.45) is 0 Å². The van der Waals surface area contributed by atoms with Gasteiger partial charge in [0.25, 0.3) is 5.69 Å². The summed E-state index contributed by atoms with van der Waals surface area (Å²) in [6.45, 7) is 3.92. The molecule has 5 nitrogen and oxygen atoms in total. The molecule has 98 valence electrons. The number of nitrogens with zero attached hydrogens (tertiary/aromatic N) is 1. The number of aryl methyl sites for hydroxylation is 1. The van der Waals surface area contributed by atoms with Gasteiger partial charge in [-0.15, -0.1) is 0 Å². The Morgan fingerprint density at radius 2 is 2.39 bits per heavy atom. The average molecular weight is 249 g/mol. The van der Waals surface area contributed by atoms with Crippen molar-refractivity contribution in [2.45, 2.75) is 32.2 Å². The van der Waals surface area contributed by atoms with Crippen LogP contribution >= 0.6 is 0 Å². The highest BCUT2D eigenvalue weighted by molar-refractivity contribution is 5.55. The van der Waals surface area contributed by atoms with E-state index in [1.54, 1.807) is 18.2 Å². The molecule has 2 N–H and O–H groups in total. The van der Waals surface area contributed by atoms with Crippen LogP contribution in [-0.2, 0) is 0 Å². The van der Waals surface area contributed by atoms with Crippen LogP contribution in [0.15, 0.2) is 18.2 Å². The Balaban J connectivity index is 1.87. The van der Waals surface area contributed by atoms with Gasteiger partial charge in [-0.3, -0.25) is 10.1 Å². The Kier molecular flexibility index (Phi) is 4.15. The van der Waals surface area contributed by atoms with Gasteiger partial charge in [0.2, 0.25) is 0 Å². The number of nitrogens with one attached hydrogen (secondary N) is 2. The first-order valence-electron chi connectivity index (χ1n) is 6.39. The van der Waals surface area contributed by atoms with Crippen molar-refractivity contribution < 1.29 is 4.92 Å². The zero-order valence-corrected chi connectivity index (χ0v) is 10.6. The molecule has 1 saturated heterocycles. The molecule has 0 aromatic heterocycles. The summed E-state index contributed by atoms with van der Waals surface area (Å²) in [6, 6.07) is 5.56. The second-order valence-electron chi connectivity index (χ2n) is 4.77. The number of nitro groups is 1. The molecule has 0 amide bonds. The fraction of sp³-hybridized carbons (Fsp3) is 0.538. The SMILES string of the molecule is Cc1cc([N+](=O)[O-])ccc1NCCC1CCCN1. The first-order valence-corrected chi connectivity index (χ1v) is 6.39. The van der Waals surface area contributed by atoms with Gasteiger partial charge in [-0.2, -0.15) is 0 Å². The van der Waals surface area contributed by atoms with E-state index in [2.05, 4.69) is 10.6 Å². The van der Waals surface area contributed by atoms with Crippen molar-refractivity contribution in [3.8, 4) is 0 Å². The number of anilines is 1. The quantitative estimate of drug-likeness (QED) is 0.621. The van der Waals surface area contributed by atoms with Crippen LogP contribution in [0.4, 0.5) is 11.4 Å². The Labute approximate surface area is 107 Å². The second-order valence-corrected chi connectivity index (χ2v) is 4.77. The minimum atomic E-state index is -0.362. The van der Waals surface area contributed by atoms with Gasteiger partial charge in [-0.25, -0.2) is 0 Å². The number of hydrogen-bond donors (Lipinski definition) is 2. The van der Waals surface area contributed by atoms with Gasteiger partial charge in [0.15, 0.2) is 0 Å². The van der Waals surface area contributed by atoms with Gasteiger partial charge in [0, 0.05) is 30.4 Å². The van der Waals surface area contributed by atoms with E-state index in [9.17, 15) is 10.1 Å². The van der Waals surface area contributed by atoms with E-state index < -0.39 is 0 Å². The lowest BCUT2D eigenvalue weighted by Crippen LogP contribution is -2.24. The molecule has 5 heteroatoms. The topological polar surface area (TPSA) is 67.2 Å². The minimum Gasteiger partial charge on any atom is -0.385 e. The second kappa shape index (κ2) is 5.82. The predicted molar refractivity (Wildman–Crippen MR) is 72.0 cm³/mol. The highest BCUT2D eigenvalue weighted by Gasteiger charge is 2.13. The molecule has 1 aromatic carbocycles. The normalized spacial score (nSPS) is 18.8. The molecule has 2 rings (SSSR count). The zero-order chi connectivity index (χ0) is 13.0. The van der Waals surface area contributed by atoms with E-state index in [1.165, 1.54) is 12.8 Å². The maximum atomic E-state index is 10.6. The van der Waals surface area contributed by atoms with Crippen LogP contribution in [-0.4, -0.2) is 24.1 Å². The number of non-ortho nitro benzene ring substituents is 1. The third-order valence-corrected chi connectivity index (χ3v) is 3.39. The molecule has 1 fully saturated rings. The lowest BCUT2D eigenvalue weighted by molar-refractivity contribution is -0.384. The molecular formula is C13H19N3O2. The molecule has 0 aliphatic carbocycles. The van der Waals surface area contributed by atoms with Crippen molar-refractivity contribution in [3.05, 3.63) is 33.9 Å². The number of nitro benzene ring substituents is 1. The number of benzene rings is 1. The maximum Gasteiger partial charge on any atom is 0.269 e. The van der Waals surface area contributed by atoms with Gasteiger partial charge in [-0.05, 0) is 44.4 Å². The third kappa shape index (κ3) is 3.20. The lowest BCUT2D eigenvalue weighted by atomic mass is 10.1. The maximum absolute atomic E-state index is 10.6. The minimum absolute atomic E-state index is 0.149. The summed E-state index contributed by atoms with van der Waals surface area (Å²) >= 11 is 0. The molecule has 18 heavy (non-hydrogen) atoms. The van der Waals surface area contributed by atoms with Crippen LogP contribution in [0.1, 0.15) is 24.8 Å². The Morgan fingerprint density at radius 1 is 1.56 bits per heavy atom. The van der Waals surface area contributed by atoms with Gasteiger partial charge >= 0.3 is 0 Å². The first kappa shape index (κ1) is 12.8. The van der Waals surface area contributed by atoms with Gasteiger partial charge in [0.05, 0.1) is 4.92 Å².